The monoisotopic (exact) mass is 278 g/mol. The highest BCUT2D eigenvalue weighted by Crippen LogP contribution is 2.20. The van der Waals surface area contributed by atoms with E-state index in [0.29, 0.717) is 5.56 Å². The Morgan fingerprint density at radius 1 is 1.35 bits per heavy atom. The lowest BCUT2D eigenvalue weighted by molar-refractivity contribution is -0.142. The van der Waals surface area contributed by atoms with E-state index in [1.54, 1.807) is 0 Å². The molecule has 1 aromatic carbocycles. The molecular weight excluding hydrogens is 260 g/mol. The first-order chi connectivity index (χ1) is 9.49. The molecule has 6 nitrogen and oxygen atoms in total. The molecule has 20 heavy (non-hydrogen) atoms. The number of benzene rings is 1. The van der Waals surface area contributed by atoms with Crippen LogP contribution in [0.4, 0.5) is 0 Å². The minimum absolute atomic E-state index is 0.0553. The predicted octanol–water partition coefficient (Wildman–Crippen LogP) is 0.728. The van der Waals surface area contributed by atoms with Gasteiger partial charge in [0.2, 0.25) is 5.91 Å². The molecule has 2 atom stereocenters. The average molecular weight is 278 g/mol. The Balaban J connectivity index is 2.11. The molecule has 1 aliphatic heterocycles. The van der Waals surface area contributed by atoms with Crippen LogP contribution in [-0.4, -0.2) is 46.6 Å². The number of nitrogens with one attached hydrogen (secondary N) is 1. The summed E-state index contributed by atoms with van der Waals surface area (Å²) in [4.78, 5) is 25.4. The number of carboxylic acid groups (broad SMARTS) is 1. The van der Waals surface area contributed by atoms with Crippen molar-refractivity contribution in [3.63, 3.8) is 0 Å². The number of carbonyl (C=O) groups excluding carboxylic acids is 1. The summed E-state index contributed by atoms with van der Waals surface area (Å²) in [6.45, 7) is 0.842. The van der Waals surface area contributed by atoms with E-state index in [2.05, 4.69) is 5.32 Å². The van der Waals surface area contributed by atoms with E-state index in [4.69, 9.17) is 0 Å². The van der Waals surface area contributed by atoms with E-state index < -0.39 is 12.0 Å². The van der Waals surface area contributed by atoms with Crippen LogP contribution in [0.25, 0.3) is 0 Å². The van der Waals surface area contributed by atoms with Crippen LogP contribution in [0.15, 0.2) is 24.3 Å². The lowest BCUT2D eigenvalue weighted by Gasteiger charge is -2.22. The van der Waals surface area contributed by atoms with E-state index in [1.807, 2.05) is 11.9 Å². The van der Waals surface area contributed by atoms with Crippen LogP contribution in [0.3, 0.4) is 0 Å². The number of phenols is 1. The minimum atomic E-state index is -1.12. The fraction of sp³-hybridized carbons (Fsp3) is 0.429. The summed E-state index contributed by atoms with van der Waals surface area (Å²) in [6.07, 6.45) is 1.68. The van der Waals surface area contributed by atoms with Gasteiger partial charge < -0.3 is 15.5 Å². The van der Waals surface area contributed by atoms with E-state index in [0.717, 1.165) is 19.4 Å². The van der Waals surface area contributed by atoms with Crippen molar-refractivity contribution >= 4 is 11.9 Å². The lowest BCUT2D eigenvalue weighted by Crippen LogP contribution is -2.44. The van der Waals surface area contributed by atoms with Crippen LogP contribution in [0.1, 0.15) is 24.4 Å². The molecule has 0 bridgehead atoms. The number of likely N-dealkylation sites (N-methyl/N-ethyl adjacent to an activating group) is 1. The summed E-state index contributed by atoms with van der Waals surface area (Å²) in [5, 5.41) is 21.1. The number of aromatic hydroxyl groups is 1. The topological polar surface area (TPSA) is 89.9 Å². The molecule has 108 valence electrons. The normalized spacial score (nSPS) is 20.6. The van der Waals surface area contributed by atoms with E-state index in [-0.39, 0.29) is 17.7 Å². The van der Waals surface area contributed by atoms with Gasteiger partial charge in [-0.2, -0.15) is 0 Å². The second-order valence-electron chi connectivity index (χ2n) is 5.01. The summed E-state index contributed by atoms with van der Waals surface area (Å²) < 4.78 is 0. The maximum Gasteiger partial charge on any atom is 0.330 e. The number of hydrogen-bond acceptors (Lipinski definition) is 4. The zero-order valence-electron chi connectivity index (χ0n) is 11.2. The number of amides is 1. The quantitative estimate of drug-likeness (QED) is 0.755. The fourth-order valence-electron chi connectivity index (χ4n) is 2.43. The van der Waals surface area contributed by atoms with Crippen molar-refractivity contribution in [2.75, 3.05) is 13.6 Å². The van der Waals surface area contributed by atoms with Crippen molar-refractivity contribution in [2.24, 2.45) is 0 Å². The summed E-state index contributed by atoms with van der Waals surface area (Å²) in [5.74, 6) is -1.34. The molecule has 1 heterocycles. The molecule has 1 amide bonds. The highest BCUT2D eigenvalue weighted by molar-refractivity contribution is 5.87. The van der Waals surface area contributed by atoms with Crippen LogP contribution >= 0.6 is 0 Å². The summed E-state index contributed by atoms with van der Waals surface area (Å²) >= 11 is 0. The third-order valence-corrected chi connectivity index (χ3v) is 3.58. The van der Waals surface area contributed by atoms with Crippen molar-refractivity contribution < 1.29 is 19.8 Å². The number of aliphatic carboxylic acids is 1. The molecule has 0 spiro atoms. The molecule has 1 saturated heterocycles. The van der Waals surface area contributed by atoms with Gasteiger partial charge in [-0.3, -0.25) is 9.69 Å². The van der Waals surface area contributed by atoms with E-state index in [1.165, 1.54) is 24.3 Å². The van der Waals surface area contributed by atoms with Crippen molar-refractivity contribution in [3.8, 4) is 5.75 Å². The molecule has 6 heteroatoms. The van der Waals surface area contributed by atoms with Crippen molar-refractivity contribution in [3.05, 3.63) is 29.8 Å². The number of hydrogen-bond donors (Lipinski definition) is 3. The van der Waals surface area contributed by atoms with Crippen molar-refractivity contribution in [2.45, 2.75) is 24.9 Å². The first kappa shape index (κ1) is 14.3. The van der Waals surface area contributed by atoms with Crippen LogP contribution < -0.4 is 5.32 Å². The average Bonchev–Trinajstić information content (AvgIpc) is 2.83. The van der Waals surface area contributed by atoms with Crippen molar-refractivity contribution in [1.82, 2.24) is 10.2 Å². The van der Waals surface area contributed by atoms with Gasteiger partial charge in [-0.1, -0.05) is 12.1 Å². The second kappa shape index (κ2) is 5.92. The molecule has 1 fully saturated rings. The van der Waals surface area contributed by atoms with Gasteiger partial charge >= 0.3 is 5.97 Å². The molecule has 3 N–H and O–H groups in total. The van der Waals surface area contributed by atoms with Gasteiger partial charge in [-0.05, 0) is 44.1 Å². The largest absolute Gasteiger partial charge is 0.508 e. The first-order valence-electron chi connectivity index (χ1n) is 6.51. The zero-order valence-corrected chi connectivity index (χ0v) is 11.2. The molecule has 0 unspecified atom stereocenters. The van der Waals surface area contributed by atoms with Gasteiger partial charge in [-0.15, -0.1) is 0 Å². The SMILES string of the molecule is CN1CCC[C@H]1C(=O)N[C@@H](C(=O)O)c1ccc(O)cc1. The number of nitrogens with zero attached hydrogens (tertiary/aromatic N) is 1. The van der Waals surface area contributed by atoms with Gasteiger partial charge in [0.05, 0.1) is 6.04 Å². The van der Waals surface area contributed by atoms with Gasteiger partial charge in [-0.25, -0.2) is 4.79 Å². The van der Waals surface area contributed by atoms with E-state index in [9.17, 15) is 19.8 Å². The number of carboxylic acids is 1. The van der Waals surface area contributed by atoms with Gasteiger partial charge in [0.1, 0.15) is 5.75 Å². The van der Waals surface area contributed by atoms with Gasteiger partial charge in [0.15, 0.2) is 6.04 Å². The smallest absolute Gasteiger partial charge is 0.330 e. The molecule has 1 aliphatic rings. The summed E-state index contributed by atoms with van der Waals surface area (Å²) in [6, 6.07) is 4.42. The molecule has 2 rings (SSSR count). The number of carbonyl (C=O) groups is 2. The van der Waals surface area contributed by atoms with Crippen LogP contribution in [0, 0.1) is 0 Å². The maximum absolute atomic E-state index is 12.1. The Bertz CT molecular complexity index is 500. The third kappa shape index (κ3) is 3.08. The highest BCUT2D eigenvalue weighted by Gasteiger charge is 2.31. The second-order valence-corrected chi connectivity index (χ2v) is 5.01. The van der Waals surface area contributed by atoms with Gasteiger partial charge in [0, 0.05) is 0 Å². The Labute approximate surface area is 117 Å². The third-order valence-electron chi connectivity index (χ3n) is 3.58. The molecular formula is C14H18N2O4. The van der Waals surface area contributed by atoms with Crippen LogP contribution in [0.5, 0.6) is 5.75 Å². The molecule has 0 radical (unpaired) electrons. The lowest BCUT2D eigenvalue weighted by atomic mass is 10.1. The number of rotatable bonds is 4. The number of phenolic OH excluding ortho intramolecular Hbond substituents is 1. The fourth-order valence-corrected chi connectivity index (χ4v) is 2.43. The predicted molar refractivity (Wildman–Crippen MR) is 72.3 cm³/mol. The first-order valence-corrected chi connectivity index (χ1v) is 6.51. The number of likely N-dealkylation sites (tertiary alicyclic amines) is 1. The van der Waals surface area contributed by atoms with Crippen LogP contribution in [-0.2, 0) is 9.59 Å². The van der Waals surface area contributed by atoms with E-state index >= 15 is 0 Å². The van der Waals surface area contributed by atoms with Crippen molar-refractivity contribution in [1.29, 1.82) is 0 Å². The minimum Gasteiger partial charge on any atom is -0.508 e. The maximum atomic E-state index is 12.1. The summed E-state index contributed by atoms with van der Waals surface area (Å²) in [7, 11) is 1.85. The zero-order chi connectivity index (χ0) is 14.7. The summed E-state index contributed by atoms with van der Waals surface area (Å²) in [5.41, 5.74) is 0.435. The molecule has 0 saturated carbocycles. The van der Waals surface area contributed by atoms with Gasteiger partial charge in [0.25, 0.3) is 0 Å². The molecule has 0 aliphatic carbocycles. The Morgan fingerprint density at radius 3 is 2.50 bits per heavy atom. The Kier molecular flexibility index (Phi) is 4.24. The highest BCUT2D eigenvalue weighted by atomic mass is 16.4. The van der Waals surface area contributed by atoms with Crippen LogP contribution in [0.2, 0.25) is 0 Å². The Morgan fingerprint density at radius 2 is 2.00 bits per heavy atom. The standard InChI is InChI=1S/C14H18N2O4/c1-16-8-2-3-11(16)13(18)15-12(14(19)20)9-4-6-10(17)7-5-9/h4-7,11-12,17H,2-3,8H2,1H3,(H,15,18)(H,19,20)/t11-,12+/m0/s1. The Hall–Kier alpha value is -2.08. The molecule has 1 aromatic rings. The molecule has 0 aromatic heterocycles.